The summed E-state index contributed by atoms with van der Waals surface area (Å²) < 4.78 is 40.1. The molecule has 1 aliphatic rings. The normalized spacial score (nSPS) is 21.1. The average molecular weight is 327 g/mol. The molecule has 0 spiro atoms. The van der Waals surface area contributed by atoms with Crippen molar-refractivity contribution in [3.05, 3.63) is 0 Å². The number of β-amino-alcohol motifs (C(OH)–C–C–N with tert-alkyl or cyclic N) is 1. The van der Waals surface area contributed by atoms with Crippen LogP contribution < -0.4 is 0 Å². The van der Waals surface area contributed by atoms with Gasteiger partial charge in [-0.3, -0.25) is 4.90 Å². The SMILES string of the molecule is CC(C)C(O)CN1CCN(S(=O)(=O)N=S(C)(C)=O)CC1. The third-order valence-corrected chi connectivity index (χ3v) is 6.35. The van der Waals surface area contributed by atoms with Crippen LogP contribution >= 0.6 is 0 Å². The number of aliphatic hydroxyl groups excluding tert-OH is 1. The molecule has 0 saturated carbocycles. The Morgan fingerprint density at radius 1 is 1.10 bits per heavy atom. The van der Waals surface area contributed by atoms with Gasteiger partial charge in [-0.15, -0.1) is 0 Å². The highest BCUT2D eigenvalue weighted by Gasteiger charge is 2.28. The summed E-state index contributed by atoms with van der Waals surface area (Å²) in [6.07, 6.45) is 2.20. The van der Waals surface area contributed by atoms with Gasteiger partial charge < -0.3 is 5.11 Å². The summed E-state index contributed by atoms with van der Waals surface area (Å²) in [5.41, 5.74) is 0. The molecule has 1 saturated heterocycles. The minimum atomic E-state index is -3.82. The highest BCUT2D eigenvalue weighted by molar-refractivity contribution is 8.01. The molecule has 120 valence electrons. The van der Waals surface area contributed by atoms with Gasteiger partial charge in [-0.2, -0.15) is 12.7 Å². The van der Waals surface area contributed by atoms with Gasteiger partial charge in [0.2, 0.25) is 0 Å². The third-order valence-electron chi connectivity index (χ3n) is 3.15. The molecule has 0 aromatic heterocycles. The van der Waals surface area contributed by atoms with Crippen molar-refractivity contribution in [3.63, 3.8) is 0 Å². The summed E-state index contributed by atoms with van der Waals surface area (Å²) in [5, 5.41) is 9.83. The average Bonchev–Trinajstić information content (AvgIpc) is 2.26. The molecular weight excluding hydrogens is 302 g/mol. The maximum atomic E-state index is 12.0. The molecule has 1 fully saturated rings. The largest absolute Gasteiger partial charge is 0.392 e. The Kier molecular flexibility index (Phi) is 5.97. The summed E-state index contributed by atoms with van der Waals surface area (Å²) in [6, 6.07) is 0. The Morgan fingerprint density at radius 2 is 1.60 bits per heavy atom. The molecule has 0 aromatic carbocycles. The summed E-state index contributed by atoms with van der Waals surface area (Å²) in [7, 11) is -6.50. The molecule has 0 aromatic rings. The highest BCUT2D eigenvalue weighted by atomic mass is 32.3. The van der Waals surface area contributed by atoms with Crippen LogP contribution in [0.5, 0.6) is 0 Å². The van der Waals surface area contributed by atoms with E-state index in [0.717, 1.165) is 0 Å². The summed E-state index contributed by atoms with van der Waals surface area (Å²) in [5.74, 6) is 0.177. The molecular formula is C11H25N3O4S2. The number of hydrogen-bond donors (Lipinski definition) is 1. The maximum absolute atomic E-state index is 12.0. The first-order valence-electron chi connectivity index (χ1n) is 6.60. The Hall–Kier alpha value is -0.220. The van der Waals surface area contributed by atoms with E-state index in [1.54, 1.807) is 0 Å². The highest BCUT2D eigenvalue weighted by Crippen LogP contribution is 2.12. The number of hydrogen-bond acceptors (Lipinski definition) is 5. The van der Waals surface area contributed by atoms with Crippen molar-refractivity contribution in [1.29, 1.82) is 0 Å². The van der Waals surface area contributed by atoms with Crippen molar-refractivity contribution in [2.75, 3.05) is 45.2 Å². The minimum absolute atomic E-state index is 0.177. The van der Waals surface area contributed by atoms with Crippen molar-refractivity contribution < 1.29 is 17.7 Å². The van der Waals surface area contributed by atoms with Gasteiger partial charge in [0.25, 0.3) is 0 Å². The van der Waals surface area contributed by atoms with Crippen LogP contribution in [-0.4, -0.2) is 78.3 Å². The van der Waals surface area contributed by atoms with Crippen molar-refractivity contribution in [2.45, 2.75) is 20.0 Å². The van der Waals surface area contributed by atoms with Crippen LogP contribution in [0.2, 0.25) is 0 Å². The van der Waals surface area contributed by atoms with E-state index < -0.39 is 26.0 Å². The Balaban J connectivity index is 2.61. The van der Waals surface area contributed by atoms with Crippen molar-refractivity contribution >= 4 is 19.9 Å². The van der Waals surface area contributed by atoms with Crippen molar-refractivity contribution in [3.8, 4) is 0 Å². The van der Waals surface area contributed by atoms with Gasteiger partial charge in [-0.1, -0.05) is 17.6 Å². The molecule has 0 aliphatic carbocycles. The van der Waals surface area contributed by atoms with Crippen LogP contribution in [0.3, 0.4) is 0 Å². The van der Waals surface area contributed by atoms with Gasteiger partial charge in [0.1, 0.15) is 0 Å². The van der Waals surface area contributed by atoms with E-state index in [0.29, 0.717) is 32.7 Å². The molecule has 0 radical (unpaired) electrons. The maximum Gasteiger partial charge on any atom is 0.330 e. The molecule has 7 nitrogen and oxygen atoms in total. The predicted octanol–water partition coefficient (Wildman–Crippen LogP) is -0.407. The van der Waals surface area contributed by atoms with Gasteiger partial charge >= 0.3 is 10.2 Å². The third kappa shape index (κ3) is 5.65. The molecule has 1 atom stereocenters. The van der Waals surface area contributed by atoms with Gasteiger partial charge in [-0.05, 0) is 5.92 Å². The van der Waals surface area contributed by atoms with Crippen molar-refractivity contribution in [2.24, 2.45) is 9.69 Å². The van der Waals surface area contributed by atoms with E-state index in [2.05, 4.69) is 3.77 Å². The van der Waals surface area contributed by atoms with E-state index in [-0.39, 0.29) is 5.92 Å². The first-order chi connectivity index (χ1) is 9.01. The van der Waals surface area contributed by atoms with E-state index in [9.17, 15) is 17.7 Å². The van der Waals surface area contributed by atoms with E-state index in [4.69, 9.17) is 0 Å². The van der Waals surface area contributed by atoms with E-state index >= 15 is 0 Å². The van der Waals surface area contributed by atoms with E-state index in [1.807, 2.05) is 18.7 Å². The van der Waals surface area contributed by atoms with Crippen LogP contribution in [0.1, 0.15) is 13.8 Å². The fourth-order valence-corrected chi connectivity index (χ4v) is 4.71. The Bertz CT molecular complexity index is 522. The fraction of sp³-hybridized carbons (Fsp3) is 1.00. The topological polar surface area (TPSA) is 90.3 Å². The monoisotopic (exact) mass is 327 g/mol. The fourth-order valence-electron chi connectivity index (χ4n) is 1.89. The van der Waals surface area contributed by atoms with Crippen molar-refractivity contribution in [1.82, 2.24) is 9.21 Å². The number of nitrogens with zero attached hydrogens (tertiary/aromatic N) is 3. The first-order valence-corrected chi connectivity index (χ1v) is 10.3. The predicted molar refractivity (Wildman–Crippen MR) is 80.2 cm³/mol. The van der Waals surface area contributed by atoms with Crippen LogP contribution in [0.25, 0.3) is 0 Å². The lowest BCUT2D eigenvalue weighted by atomic mass is 10.1. The lowest BCUT2D eigenvalue weighted by Crippen LogP contribution is -2.50. The lowest BCUT2D eigenvalue weighted by molar-refractivity contribution is 0.0626. The molecule has 0 bridgehead atoms. The summed E-state index contributed by atoms with van der Waals surface area (Å²) in [6.45, 7) is 6.16. The Morgan fingerprint density at radius 3 is 2.00 bits per heavy atom. The number of piperazine rings is 1. The second-order valence-electron chi connectivity index (χ2n) is 5.74. The zero-order chi connectivity index (χ0) is 15.6. The van der Waals surface area contributed by atoms with E-state index in [1.165, 1.54) is 16.8 Å². The minimum Gasteiger partial charge on any atom is -0.392 e. The smallest absolute Gasteiger partial charge is 0.330 e. The van der Waals surface area contributed by atoms with Gasteiger partial charge in [0.05, 0.1) is 15.8 Å². The van der Waals surface area contributed by atoms with Gasteiger partial charge in [0.15, 0.2) is 0 Å². The Labute approximate surface area is 122 Å². The molecule has 9 heteroatoms. The van der Waals surface area contributed by atoms with Crippen LogP contribution in [-0.2, 0) is 19.9 Å². The molecule has 0 amide bonds. The second-order valence-corrected chi connectivity index (χ2v) is 10.1. The zero-order valence-electron chi connectivity index (χ0n) is 12.5. The molecule has 1 N–H and O–H groups in total. The molecule has 20 heavy (non-hydrogen) atoms. The number of aliphatic hydroxyl groups is 1. The standard InChI is InChI=1S/C11H25N3O4S2/c1-10(2)11(15)9-13-5-7-14(8-6-13)20(17,18)12-19(3,4)16/h10-11,15H,5-9H2,1-4H3. The summed E-state index contributed by atoms with van der Waals surface area (Å²) in [4.78, 5) is 2.03. The van der Waals surface area contributed by atoms with Gasteiger partial charge in [0, 0.05) is 45.2 Å². The number of rotatable bonds is 5. The zero-order valence-corrected chi connectivity index (χ0v) is 14.2. The molecule has 1 heterocycles. The second kappa shape index (κ2) is 6.69. The van der Waals surface area contributed by atoms with Crippen LogP contribution in [0.15, 0.2) is 3.77 Å². The molecule has 1 rings (SSSR count). The van der Waals surface area contributed by atoms with Gasteiger partial charge in [-0.25, -0.2) is 4.21 Å². The van der Waals surface area contributed by atoms with Crippen LogP contribution in [0.4, 0.5) is 0 Å². The summed E-state index contributed by atoms with van der Waals surface area (Å²) >= 11 is 0. The molecule has 1 unspecified atom stereocenters. The quantitative estimate of drug-likeness (QED) is 0.741. The first kappa shape index (κ1) is 17.8. The van der Waals surface area contributed by atoms with Crippen LogP contribution in [0, 0.1) is 5.92 Å². The lowest BCUT2D eigenvalue weighted by Gasteiger charge is -2.34. The molecule has 1 aliphatic heterocycles.